The van der Waals surface area contributed by atoms with Gasteiger partial charge in [0.25, 0.3) is 0 Å². The van der Waals surface area contributed by atoms with Crippen LogP contribution in [0.25, 0.3) is 11.3 Å². The third-order valence-corrected chi connectivity index (χ3v) is 4.34. The lowest BCUT2D eigenvalue weighted by Gasteiger charge is -2.33. The van der Waals surface area contributed by atoms with Crippen molar-refractivity contribution in [1.29, 1.82) is 0 Å². The van der Waals surface area contributed by atoms with E-state index in [1.165, 1.54) is 6.07 Å². The number of benzene rings is 1. The molecule has 0 spiro atoms. The fraction of sp³-hybridized carbons (Fsp3) is 0.400. The standard InChI is InChI=1S/C15H15FN2O2/c16-9-1-2-10-11(5-9)15(18-8-17-6-13(10)18)12-7-20-4-3-14(12)19/h1-2,5-6,8,12,14-15,19H,3-4,7H2/t12-,14-,15?/m0/s1. The highest BCUT2D eigenvalue weighted by molar-refractivity contribution is 5.69. The Morgan fingerprint density at radius 3 is 3.15 bits per heavy atom. The van der Waals surface area contributed by atoms with Crippen LogP contribution in [0.15, 0.2) is 30.7 Å². The molecule has 1 aromatic heterocycles. The minimum atomic E-state index is -0.432. The van der Waals surface area contributed by atoms with Crippen molar-refractivity contribution in [3.05, 3.63) is 42.1 Å². The molecule has 0 saturated carbocycles. The number of hydrogen-bond acceptors (Lipinski definition) is 3. The van der Waals surface area contributed by atoms with Crippen LogP contribution in [0.2, 0.25) is 0 Å². The number of aromatic nitrogens is 2. The summed E-state index contributed by atoms with van der Waals surface area (Å²) in [6.45, 7) is 1.07. The van der Waals surface area contributed by atoms with Crippen molar-refractivity contribution in [2.75, 3.05) is 13.2 Å². The zero-order chi connectivity index (χ0) is 13.7. The van der Waals surface area contributed by atoms with E-state index in [9.17, 15) is 9.50 Å². The van der Waals surface area contributed by atoms with Crippen molar-refractivity contribution in [2.45, 2.75) is 18.6 Å². The van der Waals surface area contributed by atoms with Crippen LogP contribution in [-0.4, -0.2) is 34.0 Å². The number of aliphatic hydroxyl groups is 1. The number of nitrogens with zero attached hydrogens (tertiary/aromatic N) is 2. The summed E-state index contributed by atoms with van der Waals surface area (Å²) in [5.41, 5.74) is 2.88. The lowest BCUT2D eigenvalue weighted by atomic mass is 9.86. The van der Waals surface area contributed by atoms with E-state index in [1.54, 1.807) is 24.7 Å². The van der Waals surface area contributed by atoms with Gasteiger partial charge in [-0.25, -0.2) is 9.37 Å². The van der Waals surface area contributed by atoms with Gasteiger partial charge in [-0.05, 0) is 30.2 Å². The zero-order valence-corrected chi connectivity index (χ0v) is 10.9. The quantitative estimate of drug-likeness (QED) is 0.865. The molecule has 5 heteroatoms. The maximum atomic E-state index is 13.6. The molecule has 4 rings (SSSR count). The zero-order valence-electron chi connectivity index (χ0n) is 10.9. The van der Waals surface area contributed by atoms with Crippen LogP contribution in [0.5, 0.6) is 0 Å². The predicted octanol–water partition coefficient (Wildman–Crippen LogP) is 1.99. The number of hydrogen-bond donors (Lipinski definition) is 1. The van der Waals surface area contributed by atoms with Crippen LogP contribution < -0.4 is 0 Å². The van der Waals surface area contributed by atoms with Gasteiger partial charge in [-0.3, -0.25) is 0 Å². The molecule has 0 amide bonds. The maximum Gasteiger partial charge on any atom is 0.123 e. The molecule has 0 radical (unpaired) electrons. The lowest BCUT2D eigenvalue weighted by molar-refractivity contribution is -0.0481. The van der Waals surface area contributed by atoms with Gasteiger partial charge in [-0.2, -0.15) is 0 Å². The van der Waals surface area contributed by atoms with Gasteiger partial charge in [-0.15, -0.1) is 0 Å². The Kier molecular flexibility index (Phi) is 2.65. The predicted molar refractivity (Wildman–Crippen MR) is 70.7 cm³/mol. The third kappa shape index (κ3) is 1.63. The summed E-state index contributed by atoms with van der Waals surface area (Å²) in [4.78, 5) is 4.18. The molecule has 2 aromatic rings. The van der Waals surface area contributed by atoms with Crippen molar-refractivity contribution in [1.82, 2.24) is 9.55 Å². The highest BCUT2D eigenvalue weighted by Crippen LogP contribution is 2.45. The number of aliphatic hydroxyl groups excluding tert-OH is 1. The first-order chi connectivity index (χ1) is 9.75. The van der Waals surface area contributed by atoms with E-state index in [-0.39, 0.29) is 17.8 Å². The van der Waals surface area contributed by atoms with Gasteiger partial charge in [0.1, 0.15) is 5.82 Å². The molecule has 0 aliphatic carbocycles. The Morgan fingerprint density at radius 1 is 1.40 bits per heavy atom. The van der Waals surface area contributed by atoms with E-state index in [2.05, 4.69) is 4.98 Å². The minimum Gasteiger partial charge on any atom is -0.393 e. The van der Waals surface area contributed by atoms with Crippen LogP contribution >= 0.6 is 0 Å². The monoisotopic (exact) mass is 274 g/mol. The third-order valence-electron chi connectivity index (χ3n) is 4.34. The molecule has 1 saturated heterocycles. The molecule has 1 N–H and O–H groups in total. The Labute approximate surface area is 115 Å². The number of rotatable bonds is 1. The first-order valence-corrected chi connectivity index (χ1v) is 6.83. The van der Waals surface area contributed by atoms with Crippen LogP contribution in [0.1, 0.15) is 18.0 Å². The number of halogens is 1. The molecule has 104 valence electrons. The summed E-state index contributed by atoms with van der Waals surface area (Å²) in [6, 6.07) is 4.71. The van der Waals surface area contributed by atoms with Crippen molar-refractivity contribution in [3.8, 4) is 11.3 Å². The van der Waals surface area contributed by atoms with E-state index in [1.807, 2.05) is 4.57 Å². The second-order valence-corrected chi connectivity index (χ2v) is 5.46. The molecule has 2 aliphatic heterocycles. The molecule has 20 heavy (non-hydrogen) atoms. The van der Waals surface area contributed by atoms with Crippen molar-refractivity contribution in [3.63, 3.8) is 0 Å². The van der Waals surface area contributed by atoms with Crippen molar-refractivity contribution >= 4 is 0 Å². The second kappa shape index (κ2) is 4.40. The van der Waals surface area contributed by atoms with Gasteiger partial charge in [-0.1, -0.05) is 0 Å². The number of fused-ring (bicyclic) bond motifs is 3. The maximum absolute atomic E-state index is 13.6. The van der Waals surface area contributed by atoms with Crippen molar-refractivity contribution < 1.29 is 14.2 Å². The average Bonchev–Trinajstić information content (AvgIpc) is 3.00. The van der Waals surface area contributed by atoms with Crippen LogP contribution in [0.3, 0.4) is 0 Å². The van der Waals surface area contributed by atoms with E-state index >= 15 is 0 Å². The van der Waals surface area contributed by atoms with Gasteiger partial charge in [0.15, 0.2) is 0 Å². The molecular formula is C15H15FN2O2. The highest BCUT2D eigenvalue weighted by atomic mass is 19.1. The Morgan fingerprint density at radius 2 is 2.30 bits per heavy atom. The Hall–Kier alpha value is -1.72. The SMILES string of the molecule is O[C@H]1CCOC[C@@H]1C1c2cc(F)ccc2-c2cncn21. The molecule has 1 unspecified atom stereocenters. The molecule has 1 aromatic carbocycles. The minimum absolute atomic E-state index is 0.0697. The van der Waals surface area contributed by atoms with E-state index in [0.29, 0.717) is 19.6 Å². The van der Waals surface area contributed by atoms with Gasteiger partial charge in [0.2, 0.25) is 0 Å². The van der Waals surface area contributed by atoms with Crippen LogP contribution in [0.4, 0.5) is 4.39 Å². The fourth-order valence-electron chi connectivity index (χ4n) is 3.38. The largest absolute Gasteiger partial charge is 0.393 e. The number of ether oxygens (including phenoxy) is 1. The Bertz CT molecular complexity index is 655. The van der Waals surface area contributed by atoms with E-state index < -0.39 is 6.10 Å². The Balaban J connectivity index is 1.85. The van der Waals surface area contributed by atoms with Gasteiger partial charge in [0.05, 0.1) is 37.0 Å². The normalized spacial score (nSPS) is 28.2. The van der Waals surface area contributed by atoms with Gasteiger partial charge in [0, 0.05) is 18.1 Å². The summed E-state index contributed by atoms with van der Waals surface area (Å²) in [7, 11) is 0. The molecule has 4 nitrogen and oxygen atoms in total. The molecule has 3 atom stereocenters. The lowest BCUT2D eigenvalue weighted by Crippen LogP contribution is -2.37. The highest BCUT2D eigenvalue weighted by Gasteiger charge is 2.39. The molecular weight excluding hydrogens is 259 g/mol. The van der Waals surface area contributed by atoms with E-state index in [0.717, 1.165) is 16.8 Å². The summed E-state index contributed by atoms with van der Waals surface area (Å²) in [5.74, 6) is -0.321. The molecule has 1 fully saturated rings. The van der Waals surface area contributed by atoms with Crippen molar-refractivity contribution in [2.24, 2.45) is 5.92 Å². The summed E-state index contributed by atoms with van der Waals surface area (Å²) in [5, 5.41) is 10.3. The van der Waals surface area contributed by atoms with Crippen LogP contribution in [0, 0.1) is 11.7 Å². The van der Waals surface area contributed by atoms with E-state index in [4.69, 9.17) is 4.74 Å². The smallest absolute Gasteiger partial charge is 0.123 e. The molecule has 2 aliphatic rings. The second-order valence-electron chi connectivity index (χ2n) is 5.46. The number of imidazole rings is 1. The topological polar surface area (TPSA) is 47.3 Å². The summed E-state index contributed by atoms with van der Waals surface area (Å²) >= 11 is 0. The van der Waals surface area contributed by atoms with Gasteiger partial charge >= 0.3 is 0 Å². The fourth-order valence-corrected chi connectivity index (χ4v) is 3.38. The van der Waals surface area contributed by atoms with Gasteiger partial charge < -0.3 is 14.4 Å². The first kappa shape index (κ1) is 12.1. The molecule has 3 heterocycles. The average molecular weight is 274 g/mol. The van der Waals surface area contributed by atoms with Crippen LogP contribution in [-0.2, 0) is 4.74 Å². The first-order valence-electron chi connectivity index (χ1n) is 6.83. The summed E-state index contributed by atoms with van der Waals surface area (Å²) in [6.07, 6.45) is 3.72. The molecule has 0 bridgehead atoms. The summed E-state index contributed by atoms with van der Waals surface area (Å²) < 4.78 is 21.1.